The molecule has 4 nitrogen and oxygen atoms in total. The summed E-state index contributed by atoms with van der Waals surface area (Å²) in [4.78, 5) is 11.0. The molecular weight excluding hydrogens is 318 g/mol. The van der Waals surface area contributed by atoms with Crippen LogP contribution >= 0.6 is 15.9 Å². The number of aryl methyl sites for hydroxylation is 1. The Kier molecular flexibility index (Phi) is 3.89. The highest BCUT2D eigenvalue weighted by Crippen LogP contribution is 2.27. The minimum atomic E-state index is -3.49. The number of carbonyl (C=O) groups excluding carboxylic acids is 1. The molecule has 2 rings (SSSR count). The molecule has 98 valence electrons. The normalized spacial score (nSPS) is 25.2. The lowest BCUT2D eigenvalue weighted by Crippen LogP contribution is -2.29. The van der Waals surface area contributed by atoms with Crippen molar-refractivity contribution in [1.29, 1.82) is 0 Å². The molecule has 0 spiro atoms. The van der Waals surface area contributed by atoms with Gasteiger partial charge in [0.1, 0.15) is 6.29 Å². The van der Waals surface area contributed by atoms with Gasteiger partial charge in [0.15, 0.2) is 0 Å². The van der Waals surface area contributed by atoms with Crippen molar-refractivity contribution in [2.24, 2.45) is 5.92 Å². The van der Waals surface area contributed by atoms with Gasteiger partial charge in [0.25, 0.3) is 0 Å². The number of alkyl halides is 1. The van der Waals surface area contributed by atoms with Gasteiger partial charge in [0.05, 0.1) is 4.90 Å². The molecule has 0 amide bonds. The summed E-state index contributed by atoms with van der Waals surface area (Å²) in [7, 11) is -3.49. The number of carbonyl (C=O) groups is 1. The van der Waals surface area contributed by atoms with E-state index in [9.17, 15) is 13.2 Å². The van der Waals surface area contributed by atoms with E-state index >= 15 is 0 Å². The fourth-order valence-electron chi connectivity index (χ4n) is 1.94. The second-order valence-corrected chi connectivity index (χ2v) is 7.57. The summed E-state index contributed by atoms with van der Waals surface area (Å²) in [5.41, 5.74) is 1.01. The molecule has 1 aliphatic rings. The minimum absolute atomic E-state index is 0.102. The third kappa shape index (κ3) is 2.50. The zero-order valence-electron chi connectivity index (χ0n) is 9.91. The average Bonchev–Trinajstić information content (AvgIpc) is 2.72. The van der Waals surface area contributed by atoms with E-state index in [1.54, 1.807) is 24.3 Å². The topological polar surface area (TPSA) is 54.5 Å². The summed E-state index contributed by atoms with van der Waals surface area (Å²) < 4.78 is 26.0. The molecular formula is C12H14BrNO3S. The highest BCUT2D eigenvalue weighted by Gasteiger charge is 2.37. The number of rotatable bonds is 3. The van der Waals surface area contributed by atoms with Crippen molar-refractivity contribution in [2.45, 2.75) is 16.6 Å². The largest absolute Gasteiger partial charge is 0.303 e. The predicted octanol–water partition coefficient (Wildman–Crippen LogP) is 1.58. The zero-order valence-corrected chi connectivity index (χ0v) is 12.3. The van der Waals surface area contributed by atoms with Gasteiger partial charge in [-0.3, -0.25) is 0 Å². The fourth-order valence-corrected chi connectivity index (χ4v) is 4.27. The monoisotopic (exact) mass is 331 g/mol. The molecule has 6 heteroatoms. The first-order chi connectivity index (χ1) is 8.45. The first kappa shape index (κ1) is 13.7. The smallest absolute Gasteiger partial charge is 0.243 e. The fraction of sp³-hybridized carbons (Fsp3) is 0.417. The standard InChI is InChI=1S/C12H14BrNO3S/c1-9-2-4-11(5-3-9)18(16,17)14-6-10(8-15)12(13)7-14/h2-5,8,10,12H,6-7H2,1H3. The van der Waals surface area contributed by atoms with Crippen LogP contribution in [0.3, 0.4) is 0 Å². The van der Waals surface area contributed by atoms with Gasteiger partial charge in [-0.25, -0.2) is 8.42 Å². The van der Waals surface area contributed by atoms with Crippen molar-refractivity contribution < 1.29 is 13.2 Å². The maximum atomic E-state index is 12.3. The van der Waals surface area contributed by atoms with Gasteiger partial charge >= 0.3 is 0 Å². The van der Waals surface area contributed by atoms with Crippen LogP contribution in [0.1, 0.15) is 5.56 Å². The van der Waals surface area contributed by atoms with Crippen LogP contribution in [-0.4, -0.2) is 36.9 Å². The highest BCUT2D eigenvalue weighted by atomic mass is 79.9. The molecule has 0 saturated carbocycles. The molecule has 1 aliphatic heterocycles. The zero-order chi connectivity index (χ0) is 13.3. The first-order valence-corrected chi connectivity index (χ1v) is 7.97. The number of sulfonamides is 1. The Balaban J connectivity index is 2.27. The Bertz CT molecular complexity index is 541. The molecule has 1 heterocycles. The number of benzene rings is 1. The molecule has 2 unspecified atom stereocenters. The van der Waals surface area contributed by atoms with Gasteiger partial charge in [0.2, 0.25) is 10.0 Å². The Morgan fingerprint density at radius 1 is 1.28 bits per heavy atom. The van der Waals surface area contributed by atoms with Crippen molar-refractivity contribution in [3.8, 4) is 0 Å². The Morgan fingerprint density at radius 2 is 1.89 bits per heavy atom. The Labute approximate surface area is 115 Å². The van der Waals surface area contributed by atoms with E-state index in [2.05, 4.69) is 15.9 Å². The van der Waals surface area contributed by atoms with Crippen molar-refractivity contribution in [1.82, 2.24) is 4.31 Å². The Morgan fingerprint density at radius 3 is 2.39 bits per heavy atom. The van der Waals surface area contributed by atoms with E-state index in [1.165, 1.54) is 4.31 Å². The lowest BCUT2D eigenvalue weighted by atomic mass is 10.1. The summed E-state index contributed by atoms with van der Waals surface area (Å²) in [6, 6.07) is 6.74. The van der Waals surface area contributed by atoms with Crippen LogP contribution in [0.2, 0.25) is 0 Å². The van der Waals surface area contributed by atoms with E-state index < -0.39 is 10.0 Å². The molecule has 1 fully saturated rings. The van der Waals surface area contributed by atoms with E-state index in [0.717, 1.165) is 11.8 Å². The molecule has 0 radical (unpaired) electrons. The molecule has 2 atom stereocenters. The molecule has 0 N–H and O–H groups in total. The SMILES string of the molecule is Cc1ccc(S(=O)(=O)N2CC(Br)C(C=O)C2)cc1. The van der Waals surface area contributed by atoms with Crippen LogP contribution in [0, 0.1) is 12.8 Å². The number of halogens is 1. The molecule has 0 aliphatic carbocycles. The highest BCUT2D eigenvalue weighted by molar-refractivity contribution is 9.09. The lowest BCUT2D eigenvalue weighted by molar-refractivity contribution is -0.110. The van der Waals surface area contributed by atoms with Gasteiger partial charge in [0, 0.05) is 23.8 Å². The molecule has 1 saturated heterocycles. The predicted molar refractivity (Wildman–Crippen MR) is 72.2 cm³/mol. The summed E-state index contributed by atoms with van der Waals surface area (Å²) in [5, 5.41) is 0. The van der Waals surface area contributed by atoms with E-state index in [-0.39, 0.29) is 22.2 Å². The summed E-state index contributed by atoms with van der Waals surface area (Å²) in [5.74, 6) is -0.273. The van der Waals surface area contributed by atoms with E-state index in [1.807, 2.05) is 6.92 Å². The molecule has 1 aromatic carbocycles. The van der Waals surface area contributed by atoms with Crippen LogP contribution < -0.4 is 0 Å². The van der Waals surface area contributed by atoms with Gasteiger partial charge in [-0.15, -0.1) is 0 Å². The van der Waals surface area contributed by atoms with Crippen LogP contribution in [0.4, 0.5) is 0 Å². The second kappa shape index (κ2) is 5.11. The minimum Gasteiger partial charge on any atom is -0.303 e. The van der Waals surface area contributed by atoms with Gasteiger partial charge in [-0.1, -0.05) is 33.6 Å². The molecule has 1 aromatic rings. The maximum absolute atomic E-state index is 12.3. The number of hydrogen-bond acceptors (Lipinski definition) is 3. The summed E-state index contributed by atoms with van der Waals surface area (Å²) >= 11 is 3.34. The number of hydrogen-bond donors (Lipinski definition) is 0. The average molecular weight is 332 g/mol. The van der Waals surface area contributed by atoms with Crippen molar-refractivity contribution >= 4 is 32.2 Å². The molecule has 0 aromatic heterocycles. The van der Waals surface area contributed by atoms with Crippen LogP contribution in [0.15, 0.2) is 29.2 Å². The van der Waals surface area contributed by atoms with Crippen molar-refractivity contribution in [3.05, 3.63) is 29.8 Å². The third-order valence-electron chi connectivity index (χ3n) is 3.09. The summed E-state index contributed by atoms with van der Waals surface area (Å²) in [6.45, 7) is 2.48. The van der Waals surface area contributed by atoms with E-state index in [0.29, 0.717) is 6.54 Å². The van der Waals surface area contributed by atoms with Gasteiger partial charge in [-0.2, -0.15) is 4.31 Å². The summed E-state index contributed by atoms with van der Waals surface area (Å²) in [6.07, 6.45) is 0.810. The van der Waals surface area contributed by atoms with Crippen LogP contribution in [0.5, 0.6) is 0 Å². The van der Waals surface area contributed by atoms with Crippen molar-refractivity contribution in [3.63, 3.8) is 0 Å². The molecule has 0 bridgehead atoms. The second-order valence-electron chi connectivity index (χ2n) is 4.45. The van der Waals surface area contributed by atoms with Crippen LogP contribution in [0.25, 0.3) is 0 Å². The van der Waals surface area contributed by atoms with Gasteiger partial charge in [-0.05, 0) is 19.1 Å². The maximum Gasteiger partial charge on any atom is 0.243 e. The molecule has 18 heavy (non-hydrogen) atoms. The third-order valence-corrected chi connectivity index (χ3v) is 5.91. The van der Waals surface area contributed by atoms with E-state index in [4.69, 9.17) is 0 Å². The van der Waals surface area contributed by atoms with Gasteiger partial charge < -0.3 is 4.79 Å². The number of nitrogens with zero attached hydrogens (tertiary/aromatic N) is 1. The van der Waals surface area contributed by atoms with Crippen molar-refractivity contribution in [2.75, 3.05) is 13.1 Å². The quantitative estimate of drug-likeness (QED) is 0.624. The van der Waals surface area contributed by atoms with Crippen LogP contribution in [-0.2, 0) is 14.8 Å². The Hall–Kier alpha value is -0.720. The number of aldehydes is 1. The first-order valence-electron chi connectivity index (χ1n) is 5.61. The lowest BCUT2D eigenvalue weighted by Gasteiger charge is -2.15.